The molecule has 2 N–H and O–H groups in total. The van der Waals surface area contributed by atoms with Crippen molar-refractivity contribution in [2.75, 3.05) is 13.7 Å². The number of benzene rings is 2. The van der Waals surface area contributed by atoms with Gasteiger partial charge in [0.2, 0.25) is 0 Å². The van der Waals surface area contributed by atoms with Crippen LogP contribution in [0.1, 0.15) is 42.1 Å². The van der Waals surface area contributed by atoms with E-state index in [0.29, 0.717) is 17.5 Å². The summed E-state index contributed by atoms with van der Waals surface area (Å²) in [5.74, 6) is 1.07. The molecule has 1 aliphatic carbocycles. The van der Waals surface area contributed by atoms with Gasteiger partial charge in [-0.3, -0.25) is 4.90 Å². The number of phenols is 2. The van der Waals surface area contributed by atoms with Crippen molar-refractivity contribution in [3.05, 3.63) is 40.5 Å². The van der Waals surface area contributed by atoms with Gasteiger partial charge in [-0.15, -0.1) is 0 Å². The Morgan fingerprint density at radius 1 is 1.12 bits per heavy atom. The van der Waals surface area contributed by atoms with E-state index >= 15 is 0 Å². The van der Waals surface area contributed by atoms with Crippen molar-refractivity contribution in [3.63, 3.8) is 0 Å². The molecular weight excluding hydrogens is 314 g/mol. The first-order valence-electron chi connectivity index (χ1n) is 8.93. The lowest BCUT2D eigenvalue weighted by molar-refractivity contribution is 0.140. The number of hydrogen-bond donors (Lipinski definition) is 2. The highest BCUT2D eigenvalue weighted by molar-refractivity contribution is 5.84. The number of aryl methyl sites for hydroxylation is 1. The van der Waals surface area contributed by atoms with Crippen LogP contribution in [0, 0.1) is 6.92 Å². The molecule has 0 spiro atoms. The van der Waals surface area contributed by atoms with E-state index in [-0.39, 0.29) is 11.8 Å². The van der Waals surface area contributed by atoms with Crippen LogP contribution in [0.3, 0.4) is 0 Å². The topological polar surface area (TPSA) is 52.9 Å². The molecule has 4 rings (SSSR count). The molecule has 1 aliphatic heterocycles. The smallest absolute Gasteiger partial charge is 0.168 e. The lowest BCUT2D eigenvalue weighted by atomic mass is 9.75. The molecule has 132 valence electrons. The van der Waals surface area contributed by atoms with E-state index in [4.69, 9.17) is 4.74 Å². The monoisotopic (exact) mass is 339 g/mol. The average Bonchev–Trinajstić information content (AvgIpc) is 2.56. The summed E-state index contributed by atoms with van der Waals surface area (Å²) in [6.45, 7) is 7.34. The zero-order chi connectivity index (χ0) is 17.9. The first kappa shape index (κ1) is 16.3. The van der Waals surface area contributed by atoms with E-state index in [9.17, 15) is 10.2 Å². The van der Waals surface area contributed by atoms with Crippen LogP contribution in [0.15, 0.2) is 18.2 Å². The number of ether oxygens (including phenoxy) is 1. The number of phenolic OH excluding ortho intramolecular Hbond substituents is 2. The van der Waals surface area contributed by atoms with Crippen LogP contribution in [0.4, 0.5) is 0 Å². The summed E-state index contributed by atoms with van der Waals surface area (Å²) in [5.41, 5.74) is 6.52. The molecule has 0 amide bonds. The summed E-state index contributed by atoms with van der Waals surface area (Å²) in [5, 5.41) is 20.7. The van der Waals surface area contributed by atoms with Crippen molar-refractivity contribution in [1.82, 2.24) is 4.90 Å². The second-order valence-corrected chi connectivity index (χ2v) is 7.47. The summed E-state index contributed by atoms with van der Waals surface area (Å²) in [6, 6.07) is 6.46. The lowest BCUT2D eigenvalue weighted by Gasteiger charge is -2.44. The Morgan fingerprint density at radius 2 is 1.84 bits per heavy atom. The largest absolute Gasteiger partial charge is 0.508 e. The van der Waals surface area contributed by atoms with Gasteiger partial charge >= 0.3 is 0 Å². The fourth-order valence-corrected chi connectivity index (χ4v) is 4.54. The molecule has 25 heavy (non-hydrogen) atoms. The Hall–Kier alpha value is -2.20. The van der Waals surface area contributed by atoms with Gasteiger partial charge < -0.3 is 14.9 Å². The van der Waals surface area contributed by atoms with Crippen LogP contribution in [-0.4, -0.2) is 34.8 Å². The summed E-state index contributed by atoms with van der Waals surface area (Å²) in [4.78, 5) is 2.52. The highest BCUT2D eigenvalue weighted by Crippen LogP contribution is 2.53. The first-order chi connectivity index (χ1) is 11.9. The summed E-state index contributed by atoms with van der Waals surface area (Å²) < 4.78 is 5.61. The number of hydrogen-bond acceptors (Lipinski definition) is 4. The number of methoxy groups -OCH3 is 1. The third kappa shape index (κ3) is 2.31. The Kier molecular flexibility index (Phi) is 3.69. The third-order valence-electron chi connectivity index (χ3n) is 5.73. The van der Waals surface area contributed by atoms with Gasteiger partial charge in [-0.25, -0.2) is 0 Å². The van der Waals surface area contributed by atoms with Crippen LogP contribution >= 0.6 is 0 Å². The maximum Gasteiger partial charge on any atom is 0.168 e. The fourth-order valence-electron chi connectivity index (χ4n) is 4.54. The van der Waals surface area contributed by atoms with Crippen LogP contribution in [0.2, 0.25) is 0 Å². The maximum atomic E-state index is 10.5. The van der Waals surface area contributed by atoms with Gasteiger partial charge in [0, 0.05) is 24.2 Å². The Balaban J connectivity index is 2.06. The molecule has 4 nitrogen and oxygen atoms in total. The minimum atomic E-state index is 0.201. The van der Waals surface area contributed by atoms with Crippen LogP contribution in [0.5, 0.6) is 17.2 Å². The predicted molar refractivity (Wildman–Crippen MR) is 98.5 cm³/mol. The van der Waals surface area contributed by atoms with Crippen molar-refractivity contribution in [2.45, 2.75) is 45.7 Å². The lowest BCUT2D eigenvalue weighted by Crippen LogP contribution is -2.42. The average molecular weight is 339 g/mol. The predicted octanol–water partition coefficient (Wildman–Crippen LogP) is 3.95. The van der Waals surface area contributed by atoms with Gasteiger partial charge in [-0.05, 0) is 79.6 Å². The second kappa shape index (κ2) is 5.67. The zero-order valence-corrected chi connectivity index (χ0v) is 15.3. The third-order valence-corrected chi connectivity index (χ3v) is 5.73. The van der Waals surface area contributed by atoms with E-state index < -0.39 is 0 Å². The van der Waals surface area contributed by atoms with E-state index in [1.165, 1.54) is 11.1 Å². The molecular formula is C21H25NO3. The van der Waals surface area contributed by atoms with E-state index in [1.54, 1.807) is 7.11 Å². The van der Waals surface area contributed by atoms with Crippen molar-refractivity contribution >= 4 is 0 Å². The normalized spacial score (nSPS) is 18.8. The molecule has 2 aromatic carbocycles. The highest BCUT2D eigenvalue weighted by Gasteiger charge is 2.38. The Bertz CT molecular complexity index is 857. The molecule has 1 unspecified atom stereocenters. The van der Waals surface area contributed by atoms with Crippen LogP contribution in [-0.2, 0) is 12.8 Å². The van der Waals surface area contributed by atoms with E-state index in [0.717, 1.165) is 41.6 Å². The first-order valence-corrected chi connectivity index (χ1v) is 8.93. The van der Waals surface area contributed by atoms with Crippen molar-refractivity contribution in [2.24, 2.45) is 0 Å². The molecule has 0 fully saturated rings. The molecule has 0 bridgehead atoms. The van der Waals surface area contributed by atoms with Gasteiger partial charge in [0.1, 0.15) is 5.75 Å². The Morgan fingerprint density at radius 3 is 2.52 bits per heavy atom. The van der Waals surface area contributed by atoms with Gasteiger partial charge in [0.25, 0.3) is 0 Å². The fraction of sp³-hybridized carbons (Fsp3) is 0.429. The zero-order valence-electron chi connectivity index (χ0n) is 15.3. The minimum absolute atomic E-state index is 0.201. The summed E-state index contributed by atoms with van der Waals surface area (Å²) in [6.07, 6.45) is 1.80. The van der Waals surface area contributed by atoms with Crippen molar-refractivity contribution in [1.29, 1.82) is 0 Å². The van der Waals surface area contributed by atoms with Crippen LogP contribution < -0.4 is 4.74 Å². The number of aromatic hydroxyl groups is 2. The molecule has 2 aromatic rings. The summed E-state index contributed by atoms with van der Waals surface area (Å²) in [7, 11) is 1.61. The van der Waals surface area contributed by atoms with Crippen molar-refractivity contribution in [3.8, 4) is 28.4 Å². The standard InChI is InChI=1S/C21H25NO3/c1-11(2)22-6-5-13-9-18(24)21(25-4)20-15-7-12(3)17(23)10-14(15)8-16(22)19(13)20/h7,9-11,16,23-24H,5-6,8H2,1-4H3. The number of fused-ring (bicyclic) bond motifs is 2. The quantitative estimate of drug-likeness (QED) is 0.870. The van der Waals surface area contributed by atoms with Crippen molar-refractivity contribution < 1.29 is 14.9 Å². The van der Waals surface area contributed by atoms with Gasteiger partial charge in [0.05, 0.1) is 7.11 Å². The van der Waals surface area contributed by atoms with E-state index in [1.807, 2.05) is 25.1 Å². The molecule has 0 saturated carbocycles. The Labute approximate surface area is 148 Å². The van der Waals surface area contributed by atoms with Gasteiger partial charge in [-0.1, -0.05) is 0 Å². The molecule has 1 atom stereocenters. The van der Waals surface area contributed by atoms with Gasteiger partial charge in [-0.2, -0.15) is 0 Å². The molecule has 0 saturated heterocycles. The minimum Gasteiger partial charge on any atom is -0.508 e. The number of rotatable bonds is 2. The van der Waals surface area contributed by atoms with Crippen LogP contribution in [0.25, 0.3) is 11.1 Å². The number of nitrogens with zero attached hydrogens (tertiary/aromatic N) is 1. The summed E-state index contributed by atoms with van der Waals surface area (Å²) >= 11 is 0. The van der Waals surface area contributed by atoms with E-state index in [2.05, 4.69) is 18.7 Å². The molecule has 0 radical (unpaired) electrons. The maximum absolute atomic E-state index is 10.5. The molecule has 0 aromatic heterocycles. The molecule has 1 heterocycles. The molecule has 2 aliphatic rings. The SMILES string of the molecule is COc1c(O)cc2c3c1-c1cc(C)c(O)cc1CC3N(C(C)C)CC2. The highest BCUT2D eigenvalue weighted by atomic mass is 16.5. The molecule has 4 heteroatoms. The second-order valence-electron chi connectivity index (χ2n) is 7.47. The van der Waals surface area contributed by atoms with Gasteiger partial charge in [0.15, 0.2) is 11.5 Å².